The number of nitro groups is 2. The molecule has 11 heteroatoms. The van der Waals surface area contributed by atoms with E-state index in [0.29, 0.717) is 0 Å². The zero-order valence-electron chi connectivity index (χ0n) is 12.5. The molecule has 0 atom stereocenters. The van der Waals surface area contributed by atoms with Gasteiger partial charge in [0.05, 0.1) is 32.9 Å². The average Bonchev–Trinajstić information content (AvgIpc) is 2.55. The molecule has 0 unspecified atom stereocenters. The number of nitro benzene ring substituents is 2. The average molecular weight is 398 g/mol. The summed E-state index contributed by atoms with van der Waals surface area (Å²) >= 11 is 0. The Morgan fingerprint density at radius 2 is 0.960 bits per heavy atom. The maximum Gasteiger partial charge on any atom is 2.00 e. The van der Waals surface area contributed by atoms with E-state index in [-0.39, 0.29) is 19.5 Å². The molecule has 0 saturated heterocycles. The number of hydrogen-bond acceptors (Lipinski definition) is 8. The predicted octanol–water partition coefficient (Wildman–Crippen LogP) is -0.0859. The summed E-state index contributed by atoms with van der Waals surface area (Å²) in [6.07, 6.45) is 0. The molecule has 2 aromatic rings. The van der Waals surface area contributed by atoms with E-state index in [9.17, 15) is 40.0 Å². The van der Waals surface area contributed by atoms with Crippen LogP contribution >= 0.6 is 0 Å². The van der Waals surface area contributed by atoms with Crippen LogP contribution in [0.5, 0.6) is 0 Å². The van der Waals surface area contributed by atoms with Crippen molar-refractivity contribution in [1.29, 1.82) is 0 Å². The fourth-order valence-electron chi connectivity index (χ4n) is 1.61. The van der Waals surface area contributed by atoms with Crippen molar-refractivity contribution in [1.82, 2.24) is 0 Å². The van der Waals surface area contributed by atoms with Gasteiger partial charge in [0.1, 0.15) is 0 Å². The van der Waals surface area contributed by atoms with Crippen LogP contribution in [0.4, 0.5) is 11.4 Å². The number of carboxylic acid groups (broad SMARTS) is 2. The van der Waals surface area contributed by atoms with Crippen molar-refractivity contribution >= 4 is 23.3 Å². The molecule has 0 heterocycles. The first-order valence-corrected chi connectivity index (χ1v) is 6.15. The van der Waals surface area contributed by atoms with Crippen LogP contribution in [0.25, 0.3) is 0 Å². The van der Waals surface area contributed by atoms with Crippen LogP contribution in [-0.4, -0.2) is 21.8 Å². The molecule has 0 aliphatic carbocycles. The standard InChI is InChI=1S/2C7H5NO4.Zn/c2*9-7(10)5-3-1-2-4-6(5)8(11)12;/h2*1-4H,(H,9,10);/q;;+2/p-2. The van der Waals surface area contributed by atoms with Crippen molar-refractivity contribution in [2.24, 2.45) is 0 Å². The van der Waals surface area contributed by atoms with E-state index < -0.39 is 44.3 Å². The smallest absolute Gasteiger partial charge is 0.545 e. The molecule has 0 aromatic heterocycles. The molecule has 0 saturated carbocycles. The molecule has 0 spiro atoms. The monoisotopic (exact) mass is 396 g/mol. The Kier molecular flexibility index (Phi) is 8.58. The minimum absolute atomic E-state index is 0. The molecule has 10 nitrogen and oxygen atoms in total. The van der Waals surface area contributed by atoms with Crippen LogP contribution in [0.3, 0.4) is 0 Å². The van der Waals surface area contributed by atoms with Crippen LogP contribution in [0.15, 0.2) is 48.5 Å². The van der Waals surface area contributed by atoms with Crippen LogP contribution < -0.4 is 10.2 Å². The third-order valence-electron chi connectivity index (χ3n) is 2.64. The summed E-state index contributed by atoms with van der Waals surface area (Å²) in [6.45, 7) is 0. The number of carboxylic acids is 2. The first-order valence-electron chi connectivity index (χ1n) is 6.15. The van der Waals surface area contributed by atoms with Gasteiger partial charge in [0.25, 0.3) is 11.4 Å². The zero-order valence-corrected chi connectivity index (χ0v) is 15.5. The van der Waals surface area contributed by atoms with Crippen LogP contribution in [-0.2, 0) is 19.5 Å². The van der Waals surface area contributed by atoms with Gasteiger partial charge in [0.2, 0.25) is 0 Å². The van der Waals surface area contributed by atoms with Crippen molar-refractivity contribution < 1.29 is 49.1 Å². The summed E-state index contributed by atoms with van der Waals surface area (Å²) < 4.78 is 0. The zero-order chi connectivity index (χ0) is 18.3. The summed E-state index contributed by atoms with van der Waals surface area (Å²) in [6, 6.07) is 10.1. The molecule has 2 aromatic carbocycles. The molecule has 0 fully saturated rings. The Morgan fingerprint density at radius 1 is 0.680 bits per heavy atom. The number of rotatable bonds is 4. The first kappa shape index (κ1) is 21.8. The van der Waals surface area contributed by atoms with Crippen molar-refractivity contribution in [2.45, 2.75) is 0 Å². The summed E-state index contributed by atoms with van der Waals surface area (Å²) in [7, 11) is 0. The van der Waals surface area contributed by atoms with Gasteiger partial charge in [-0.1, -0.05) is 24.3 Å². The normalized spacial score (nSPS) is 8.96. The van der Waals surface area contributed by atoms with Crippen molar-refractivity contribution in [2.75, 3.05) is 0 Å². The summed E-state index contributed by atoms with van der Waals surface area (Å²) in [4.78, 5) is 39.6. The van der Waals surface area contributed by atoms with Gasteiger partial charge >= 0.3 is 19.5 Å². The van der Waals surface area contributed by atoms with Gasteiger partial charge in [-0.15, -0.1) is 0 Å². The van der Waals surface area contributed by atoms with E-state index in [0.717, 1.165) is 24.3 Å². The van der Waals surface area contributed by atoms with Crippen LogP contribution in [0.2, 0.25) is 0 Å². The second-order valence-electron chi connectivity index (χ2n) is 4.12. The molecular formula is C14H8N2O8Zn. The Labute approximate surface area is 152 Å². The van der Waals surface area contributed by atoms with Crippen molar-refractivity contribution in [3.8, 4) is 0 Å². The first-order chi connectivity index (χ1) is 11.3. The number of para-hydroxylation sites is 2. The minimum Gasteiger partial charge on any atom is -0.545 e. The van der Waals surface area contributed by atoms with Gasteiger partial charge in [-0.05, 0) is 12.1 Å². The Balaban J connectivity index is 0.000000443. The minimum atomic E-state index is -1.54. The molecule has 0 bridgehead atoms. The van der Waals surface area contributed by atoms with Crippen LogP contribution in [0, 0.1) is 20.2 Å². The number of aromatic carboxylic acids is 2. The molecule has 25 heavy (non-hydrogen) atoms. The molecule has 0 aliphatic heterocycles. The molecule has 124 valence electrons. The van der Waals surface area contributed by atoms with E-state index >= 15 is 0 Å². The SMILES string of the molecule is O=C([O-])c1ccccc1[N+](=O)[O-].O=C([O-])c1ccccc1[N+](=O)[O-].[Zn+2]. The number of carbonyl (C=O) groups is 2. The fourth-order valence-corrected chi connectivity index (χ4v) is 1.61. The van der Waals surface area contributed by atoms with E-state index in [2.05, 4.69) is 0 Å². The second kappa shape index (κ2) is 9.83. The van der Waals surface area contributed by atoms with Gasteiger partial charge in [-0.2, -0.15) is 0 Å². The number of benzene rings is 2. The number of hydrogen-bond donors (Lipinski definition) is 0. The molecule has 0 N–H and O–H groups in total. The predicted molar refractivity (Wildman–Crippen MR) is 74.9 cm³/mol. The molecular weight excluding hydrogens is 390 g/mol. The Bertz CT molecular complexity index is 675. The van der Waals surface area contributed by atoms with Gasteiger partial charge < -0.3 is 19.8 Å². The summed E-state index contributed by atoms with van der Waals surface area (Å²) in [5.74, 6) is -3.08. The van der Waals surface area contributed by atoms with Gasteiger partial charge in [0.15, 0.2) is 0 Å². The van der Waals surface area contributed by atoms with E-state index in [4.69, 9.17) is 0 Å². The van der Waals surface area contributed by atoms with Gasteiger partial charge in [0, 0.05) is 12.1 Å². The fraction of sp³-hybridized carbons (Fsp3) is 0. The summed E-state index contributed by atoms with van der Waals surface area (Å²) in [5.41, 5.74) is -1.69. The Hall–Kier alpha value is -3.20. The number of carbonyl (C=O) groups excluding carboxylic acids is 2. The molecule has 2 rings (SSSR count). The molecule has 0 amide bonds. The van der Waals surface area contributed by atoms with Crippen molar-refractivity contribution in [3.63, 3.8) is 0 Å². The van der Waals surface area contributed by atoms with Gasteiger partial charge in [-0.3, -0.25) is 20.2 Å². The second-order valence-corrected chi connectivity index (χ2v) is 4.12. The topological polar surface area (TPSA) is 167 Å². The molecule has 0 aliphatic rings. The van der Waals surface area contributed by atoms with Gasteiger partial charge in [-0.25, -0.2) is 0 Å². The maximum absolute atomic E-state index is 10.3. The third-order valence-corrected chi connectivity index (χ3v) is 2.64. The third kappa shape index (κ3) is 6.07. The largest absolute Gasteiger partial charge is 2.00 e. The van der Waals surface area contributed by atoms with E-state index in [1.54, 1.807) is 0 Å². The maximum atomic E-state index is 10.3. The Morgan fingerprint density at radius 3 is 1.16 bits per heavy atom. The van der Waals surface area contributed by atoms with Crippen molar-refractivity contribution in [3.05, 3.63) is 79.9 Å². The number of nitrogens with zero attached hydrogens (tertiary/aromatic N) is 2. The van der Waals surface area contributed by atoms with E-state index in [1.807, 2.05) is 0 Å². The van der Waals surface area contributed by atoms with Crippen LogP contribution in [0.1, 0.15) is 20.7 Å². The summed E-state index contributed by atoms with van der Waals surface area (Å²) in [5, 5.41) is 41.1. The van der Waals surface area contributed by atoms with E-state index in [1.165, 1.54) is 24.3 Å². The quantitative estimate of drug-likeness (QED) is 0.392. The molecule has 0 radical (unpaired) electrons.